The summed E-state index contributed by atoms with van der Waals surface area (Å²) in [6, 6.07) is 10.5. The molecule has 1 aromatic carbocycles. The lowest BCUT2D eigenvalue weighted by atomic mass is 9.83. The second kappa shape index (κ2) is 11.0. The minimum Gasteiger partial charge on any atom is -0.347 e. The summed E-state index contributed by atoms with van der Waals surface area (Å²) in [5, 5.41) is 16.2. The van der Waals surface area contributed by atoms with Crippen molar-refractivity contribution in [2.24, 2.45) is 11.8 Å². The van der Waals surface area contributed by atoms with Crippen LogP contribution in [0.2, 0.25) is 0 Å². The third-order valence-electron chi connectivity index (χ3n) is 6.33. The minimum absolute atomic E-state index is 0.0776. The van der Waals surface area contributed by atoms with Gasteiger partial charge >= 0.3 is 0 Å². The number of carbonyl (C=O) groups excluding carboxylic acids is 2. The van der Waals surface area contributed by atoms with Crippen LogP contribution in [0.15, 0.2) is 30.3 Å². The number of aromatic nitrogens is 1. The molecule has 3 unspecified atom stereocenters. The van der Waals surface area contributed by atoms with Crippen LogP contribution >= 0.6 is 0 Å². The summed E-state index contributed by atoms with van der Waals surface area (Å²) in [6.45, 7) is 4.18. The average Bonchev–Trinajstić information content (AvgIpc) is 3.15. The fraction of sp³-hybridized carbons (Fsp3) is 0.560. The first-order valence-electron chi connectivity index (χ1n) is 11.9. The Hall–Kier alpha value is -2.86. The molecule has 1 fully saturated rings. The maximum Gasteiger partial charge on any atom is 0.268 e. The van der Waals surface area contributed by atoms with E-state index in [0.717, 1.165) is 23.7 Å². The van der Waals surface area contributed by atoms with Gasteiger partial charge in [-0.25, -0.2) is 8.42 Å². The maximum absolute atomic E-state index is 13.4. The van der Waals surface area contributed by atoms with Crippen molar-refractivity contribution < 1.29 is 18.0 Å². The molecule has 0 radical (unpaired) electrons. The van der Waals surface area contributed by atoms with Crippen molar-refractivity contribution in [1.82, 2.24) is 15.2 Å². The first-order chi connectivity index (χ1) is 16.1. The summed E-state index contributed by atoms with van der Waals surface area (Å²) in [4.78, 5) is 26.4. The van der Waals surface area contributed by atoms with Gasteiger partial charge in [0.15, 0.2) is 0 Å². The van der Waals surface area contributed by atoms with Crippen molar-refractivity contribution >= 4 is 32.6 Å². The topological polar surface area (TPSA) is 121 Å². The molecule has 0 spiro atoms. The molecular weight excluding hydrogens is 452 g/mol. The van der Waals surface area contributed by atoms with Crippen molar-refractivity contribution in [2.45, 2.75) is 64.6 Å². The normalized spacial score (nSPS) is 19.5. The Morgan fingerprint density at radius 2 is 1.91 bits per heavy atom. The highest BCUT2D eigenvalue weighted by atomic mass is 32.2. The first-order valence-corrected chi connectivity index (χ1v) is 13.9. The molecule has 3 atom stereocenters. The third kappa shape index (κ3) is 6.60. The molecule has 0 saturated heterocycles. The first kappa shape index (κ1) is 25.8. The number of nitrogens with one attached hydrogen (secondary N) is 2. The van der Waals surface area contributed by atoms with Gasteiger partial charge in [0.25, 0.3) is 5.91 Å². The van der Waals surface area contributed by atoms with Gasteiger partial charge in [-0.05, 0) is 37.3 Å². The lowest BCUT2D eigenvalue weighted by molar-refractivity contribution is -0.127. The SMILES string of the molecule is CC(C)CC(C#N)NC(=O)C1CCCCC1NC(=O)c1cc2ccccc2n1CCS(C)(=O)=O. The highest BCUT2D eigenvalue weighted by Crippen LogP contribution is 2.26. The Morgan fingerprint density at radius 3 is 2.59 bits per heavy atom. The fourth-order valence-corrected chi connectivity index (χ4v) is 5.16. The Kier molecular flexibility index (Phi) is 8.37. The Morgan fingerprint density at radius 1 is 1.21 bits per heavy atom. The number of aryl methyl sites for hydroxylation is 1. The quantitative estimate of drug-likeness (QED) is 0.564. The monoisotopic (exact) mass is 486 g/mol. The number of hydrogen-bond acceptors (Lipinski definition) is 5. The van der Waals surface area contributed by atoms with Gasteiger partial charge in [-0.1, -0.05) is 44.9 Å². The second-order valence-corrected chi connectivity index (χ2v) is 11.9. The lowest BCUT2D eigenvalue weighted by Gasteiger charge is -2.32. The number of amides is 2. The number of hydrogen-bond donors (Lipinski definition) is 2. The van der Waals surface area contributed by atoms with E-state index in [1.807, 2.05) is 38.1 Å². The van der Waals surface area contributed by atoms with E-state index in [4.69, 9.17) is 0 Å². The molecule has 3 rings (SSSR count). The number of nitriles is 1. The molecule has 184 valence electrons. The maximum atomic E-state index is 13.4. The van der Waals surface area contributed by atoms with E-state index in [-0.39, 0.29) is 36.1 Å². The minimum atomic E-state index is -3.21. The van der Waals surface area contributed by atoms with Crippen molar-refractivity contribution in [1.29, 1.82) is 5.26 Å². The Labute approximate surface area is 201 Å². The van der Waals surface area contributed by atoms with Gasteiger partial charge in [-0.15, -0.1) is 0 Å². The fourth-order valence-electron chi connectivity index (χ4n) is 4.65. The number of benzene rings is 1. The zero-order valence-corrected chi connectivity index (χ0v) is 20.9. The molecule has 1 aliphatic rings. The van der Waals surface area contributed by atoms with E-state index in [2.05, 4.69) is 16.7 Å². The zero-order chi connectivity index (χ0) is 24.9. The molecule has 0 bridgehead atoms. The summed E-state index contributed by atoms with van der Waals surface area (Å²) in [6.07, 6.45) is 4.87. The number of fused-ring (bicyclic) bond motifs is 1. The number of para-hydroxylation sites is 1. The largest absolute Gasteiger partial charge is 0.347 e. The van der Waals surface area contributed by atoms with Crippen LogP contribution in [-0.4, -0.2) is 48.9 Å². The van der Waals surface area contributed by atoms with Crippen LogP contribution < -0.4 is 10.6 Å². The molecule has 1 saturated carbocycles. The molecule has 8 nitrogen and oxygen atoms in total. The van der Waals surface area contributed by atoms with Crippen LogP contribution in [0.25, 0.3) is 10.9 Å². The summed E-state index contributed by atoms with van der Waals surface area (Å²) in [5.74, 6) is -0.732. The van der Waals surface area contributed by atoms with E-state index < -0.39 is 21.8 Å². The van der Waals surface area contributed by atoms with Gasteiger partial charge in [-0.3, -0.25) is 9.59 Å². The highest BCUT2D eigenvalue weighted by molar-refractivity contribution is 7.90. The number of carbonyl (C=O) groups is 2. The van der Waals surface area contributed by atoms with Crippen LogP contribution in [-0.2, 0) is 21.2 Å². The van der Waals surface area contributed by atoms with Crippen molar-refractivity contribution in [3.63, 3.8) is 0 Å². The molecule has 0 aliphatic heterocycles. The van der Waals surface area contributed by atoms with Crippen LogP contribution in [0.1, 0.15) is 56.4 Å². The molecule has 2 amide bonds. The number of sulfone groups is 1. The van der Waals surface area contributed by atoms with Crippen molar-refractivity contribution in [3.05, 3.63) is 36.0 Å². The van der Waals surface area contributed by atoms with E-state index in [1.54, 1.807) is 10.6 Å². The van der Waals surface area contributed by atoms with Gasteiger partial charge in [-0.2, -0.15) is 5.26 Å². The molecule has 34 heavy (non-hydrogen) atoms. The zero-order valence-electron chi connectivity index (χ0n) is 20.1. The average molecular weight is 487 g/mol. The van der Waals surface area contributed by atoms with Gasteiger partial charge in [0.05, 0.1) is 17.7 Å². The van der Waals surface area contributed by atoms with Gasteiger partial charge in [0, 0.05) is 29.7 Å². The predicted octanol–water partition coefficient (Wildman–Crippen LogP) is 3.03. The number of rotatable bonds is 9. The molecule has 2 N–H and O–H groups in total. The molecule has 1 aromatic heterocycles. The van der Waals surface area contributed by atoms with E-state index in [1.165, 1.54) is 6.26 Å². The smallest absolute Gasteiger partial charge is 0.268 e. The molecule has 2 aromatic rings. The Balaban J connectivity index is 1.80. The van der Waals surface area contributed by atoms with Gasteiger partial charge < -0.3 is 15.2 Å². The Bertz CT molecular complexity index is 1180. The summed E-state index contributed by atoms with van der Waals surface area (Å²) >= 11 is 0. The molecule has 1 heterocycles. The lowest BCUT2D eigenvalue weighted by Crippen LogP contribution is -2.50. The number of nitrogens with zero attached hydrogens (tertiary/aromatic N) is 2. The highest BCUT2D eigenvalue weighted by Gasteiger charge is 2.34. The molecule has 1 aliphatic carbocycles. The summed E-state index contributed by atoms with van der Waals surface area (Å²) in [7, 11) is -3.21. The predicted molar refractivity (Wildman–Crippen MR) is 132 cm³/mol. The standard InChI is InChI=1S/C25H34N4O4S/c1-17(2)14-19(16-26)27-24(30)20-9-5-6-10-21(20)28-25(31)23-15-18-8-4-7-11-22(18)29(23)12-13-34(3,32)33/h4,7-8,11,15,17,19-21H,5-6,9-10,12-14H2,1-3H3,(H,27,30)(H,28,31). The van der Waals surface area contributed by atoms with E-state index in [0.29, 0.717) is 25.0 Å². The van der Waals surface area contributed by atoms with Crippen LogP contribution in [0.5, 0.6) is 0 Å². The summed E-state index contributed by atoms with van der Waals surface area (Å²) < 4.78 is 25.3. The van der Waals surface area contributed by atoms with E-state index >= 15 is 0 Å². The van der Waals surface area contributed by atoms with Crippen molar-refractivity contribution in [2.75, 3.05) is 12.0 Å². The van der Waals surface area contributed by atoms with Crippen LogP contribution in [0, 0.1) is 23.2 Å². The van der Waals surface area contributed by atoms with Gasteiger partial charge in [0.2, 0.25) is 5.91 Å². The van der Waals surface area contributed by atoms with Crippen LogP contribution in [0.3, 0.4) is 0 Å². The summed E-state index contributed by atoms with van der Waals surface area (Å²) in [5.41, 5.74) is 1.17. The van der Waals surface area contributed by atoms with E-state index in [9.17, 15) is 23.3 Å². The molecular formula is C25H34N4O4S. The molecule has 9 heteroatoms. The van der Waals surface area contributed by atoms with Crippen molar-refractivity contribution in [3.8, 4) is 6.07 Å². The third-order valence-corrected chi connectivity index (χ3v) is 7.25. The van der Waals surface area contributed by atoms with Gasteiger partial charge in [0.1, 0.15) is 21.6 Å². The van der Waals surface area contributed by atoms with Crippen LogP contribution in [0.4, 0.5) is 0 Å². The second-order valence-electron chi connectivity index (χ2n) is 9.66.